The van der Waals surface area contributed by atoms with Crippen molar-refractivity contribution in [1.29, 1.82) is 0 Å². The van der Waals surface area contributed by atoms with Gasteiger partial charge in [0.25, 0.3) is 11.6 Å². The highest BCUT2D eigenvalue weighted by atomic mass is 35.5. The van der Waals surface area contributed by atoms with Crippen LogP contribution in [0.15, 0.2) is 46.9 Å². The summed E-state index contributed by atoms with van der Waals surface area (Å²) in [6.45, 7) is 1.57. The second-order valence-corrected chi connectivity index (χ2v) is 6.33. The summed E-state index contributed by atoms with van der Waals surface area (Å²) in [7, 11) is 0. The van der Waals surface area contributed by atoms with Crippen LogP contribution in [-0.4, -0.2) is 21.1 Å². The van der Waals surface area contributed by atoms with Gasteiger partial charge in [0, 0.05) is 27.7 Å². The van der Waals surface area contributed by atoms with Gasteiger partial charge in [0.1, 0.15) is 0 Å². The van der Waals surface area contributed by atoms with Gasteiger partial charge >= 0.3 is 5.97 Å². The zero-order valence-corrected chi connectivity index (χ0v) is 15.3. The number of non-ortho nitro benzene ring substituents is 1. The number of nitro benzene ring substituents is 1. The predicted octanol–water partition coefficient (Wildman–Crippen LogP) is 4.87. The van der Waals surface area contributed by atoms with E-state index >= 15 is 0 Å². The van der Waals surface area contributed by atoms with Crippen LogP contribution in [0.2, 0.25) is 10.0 Å². The quantitative estimate of drug-likeness (QED) is 0.337. The molecule has 0 fully saturated rings. The number of carbonyl (C=O) groups is 1. The van der Waals surface area contributed by atoms with E-state index in [0.717, 1.165) is 0 Å². The maximum Gasteiger partial charge on any atom is 0.339 e. The van der Waals surface area contributed by atoms with Crippen molar-refractivity contribution >= 4 is 34.9 Å². The molecule has 0 bridgehead atoms. The van der Waals surface area contributed by atoms with Gasteiger partial charge in [-0.2, -0.15) is 0 Å². The number of carbonyl (C=O) groups excluding carboxylic acids is 1. The molecular weight excluding hydrogens is 397 g/mol. The summed E-state index contributed by atoms with van der Waals surface area (Å²) in [6, 6.07) is 9.98. The first-order chi connectivity index (χ1) is 12.8. The highest BCUT2D eigenvalue weighted by molar-refractivity contribution is 6.35. The maximum atomic E-state index is 12.2. The first-order valence-electron chi connectivity index (χ1n) is 7.59. The van der Waals surface area contributed by atoms with Gasteiger partial charge < -0.3 is 9.15 Å². The van der Waals surface area contributed by atoms with Crippen molar-refractivity contribution in [2.24, 2.45) is 0 Å². The lowest BCUT2D eigenvalue weighted by atomic mass is 10.2. The second kappa shape index (κ2) is 7.73. The van der Waals surface area contributed by atoms with Crippen LogP contribution in [0.25, 0.3) is 11.5 Å². The molecule has 3 rings (SSSR count). The Hall–Kier alpha value is -2.97. The molecule has 1 unspecified atom stereocenters. The molecule has 0 aliphatic heterocycles. The van der Waals surface area contributed by atoms with Crippen molar-refractivity contribution in [3.63, 3.8) is 0 Å². The number of ether oxygens (including phenoxy) is 1. The fourth-order valence-corrected chi connectivity index (χ4v) is 2.72. The third-order valence-corrected chi connectivity index (χ3v) is 3.93. The number of nitrogens with zero attached hydrogens (tertiary/aromatic N) is 3. The van der Waals surface area contributed by atoms with Gasteiger partial charge in [-0.3, -0.25) is 10.1 Å². The van der Waals surface area contributed by atoms with Crippen LogP contribution in [0.1, 0.15) is 29.3 Å². The standard InChI is InChI=1S/C17H11Cl2N3O5/c1-9(26-17(23)11-6-12(18)8-13(19)7-11)15-20-21-16(27-15)10-2-4-14(5-3-10)22(24)25/h2-9H,1H3. The Bertz CT molecular complexity index is 984. The molecule has 0 spiro atoms. The van der Waals surface area contributed by atoms with Crippen LogP contribution >= 0.6 is 23.2 Å². The Labute approximate surface area is 162 Å². The van der Waals surface area contributed by atoms with Gasteiger partial charge in [-0.15, -0.1) is 10.2 Å². The van der Waals surface area contributed by atoms with Gasteiger partial charge in [-0.05, 0) is 37.3 Å². The summed E-state index contributed by atoms with van der Waals surface area (Å²) in [5.74, 6) is -0.430. The van der Waals surface area contributed by atoms with Crippen molar-refractivity contribution in [3.05, 3.63) is 74.1 Å². The van der Waals surface area contributed by atoms with Crippen molar-refractivity contribution in [1.82, 2.24) is 10.2 Å². The number of rotatable bonds is 5. The van der Waals surface area contributed by atoms with Gasteiger partial charge in [-0.25, -0.2) is 4.79 Å². The molecule has 1 heterocycles. The van der Waals surface area contributed by atoms with Crippen LogP contribution < -0.4 is 0 Å². The molecule has 0 amide bonds. The minimum absolute atomic E-state index is 0.0547. The lowest BCUT2D eigenvalue weighted by molar-refractivity contribution is -0.384. The van der Waals surface area contributed by atoms with E-state index in [0.29, 0.717) is 15.6 Å². The number of halogens is 2. The van der Waals surface area contributed by atoms with Crippen LogP contribution in [0.5, 0.6) is 0 Å². The third-order valence-electron chi connectivity index (χ3n) is 3.50. The zero-order valence-electron chi connectivity index (χ0n) is 13.8. The van der Waals surface area contributed by atoms with E-state index in [1.807, 2.05) is 0 Å². The van der Waals surface area contributed by atoms with E-state index in [9.17, 15) is 14.9 Å². The van der Waals surface area contributed by atoms with E-state index in [4.69, 9.17) is 32.4 Å². The molecule has 3 aromatic rings. The fraction of sp³-hybridized carbons (Fsp3) is 0.118. The average molecular weight is 408 g/mol. The van der Waals surface area contributed by atoms with Gasteiger partial charge in [0.05, 0.1) is 10.5 Å². The number of benzene rings is 2. The molecule has 0 N–H and O–H groups in total. The van der Waals surface area contributed by atoms with E-state index in [1.54, 1.807) is 6.92 Å². The largest absolute Gasteiger partial charge is 0.449 e. The summed E-state index contributed by atoms with van der Waals surface area (Å²) >= 11 is 11.7. The maximum absolute atomic E-state index is 12.2. The van der Waals surface area contributed by atoms with Gasteiger partial charge in [0.2, 0.25) is 5.89 Å². The first kappa shape index (κ1) is 18.8. The molecule has 27 heavy (non-hydrogen) atoms. The van der Waals surface area contributed by atoms with Crippen LogP contribution in [0, 0.1) is 10.1 Å². The molecule has 0 aliphatic rings. The van der Waals surface area contributed by atoms with Gasteiger partial charge in [-0.1, -0.05) is 23.2 Å². The Kier molecular flexibility index (Phi) is 5.38. The third kappa shape index (κ3) is 4.42. The Morgan fingerprint density at radius 3 is 2.37 bits per heavy atom. The molecule has 8 nitrogen and oxygen atoms in total. The lowest BCUT2D eigenvalue weighted by Gasteiger charge is -2.09. The second-order valence-electron chi connectivity index (χ2n) is 5.46. The highest BCUT2D eigenvalue weighted by Crippen LogP contribution is 2.26. The molecule has 138 valence electrons. The summed E-state index contributed by atoms with van der Waals surface area (Å²) in [5.41, 5.74) is 0.634. The number of esters is 1. The summed E-state index contributed by atoms with van der Waals surface area (Å²) < 4.78 is 10.8. The molecule has 0 radical (unpaired) electrons. The van der Waals surface area contributed by atoms with E-state index in [1.165, 1.54) is 42.5 Å². The van der Waals surface area contributed by atoms with Crippen molar-refractivity contribution < 1.29 is 18.9 Å². The normalized spacial score (nSPS) is 11.8. The highest BCUT2D eigenvalue weighted by Gasteiger charge is 2.21. The Morgan fingerprint density at radius 1 is 1.15 bits per heavy atom. The lowest BCUT2D eigenvalue weighted by Crippen LogP contribution is -2.09. The number of aromatic nitrogens is 2. The van der Waals surface area contributed by atoms with Crippen LogP contribution in [0.3, 0.4) is 0 Å². The first-order valence-corrected chi connectivity index (χ1v) is 8.34. The SMILES string of the molecule is CC(OC(=O)c1cc(Cl)cc(Cl)c1)c1nnc(-c2ccc([N+](=O)[O-])cc2)o1. The average Bonchev–Trinajstić information content (AvgIpc) is 3.11. The van der Waals surface area contributed by atoms with E-state index < -0.39 is 17.0 Å². The Morgan fingerprint density at radius 2 is 1.78 bits per heavy atom. The summed E-state index contributed by atoms with van der Waals surface area (Å²) in [5, 5.41) is 19.0. The summed E-state index contributed by atoms with van der Waals surface area (Å²) in [6.07, 6.45) is -0.824. The molecule has 0 aliphatic carbocycles. The minimum Gasteiger partial charge on any atom is -0.449 e. The molecular formula is C17H11Cl2N3O5. The van der Waals surface area contributed by atoms with E-state index in [2.05, 4.69) is 10.2 Å². The van der Waals surface area contributed by atoms with Gasteiger partial charge in [0.15, 0.2) is 6.10 Å². The molecule has 0 saturated carbocycles. The van der Waals surface area contributed by atoms with E-state index in [-0.39, 0.29) is 23.0 Å². The predicted molar refractivity (Wildman–Crippen MR) is 96.7 cm³/mol. The van der Waals surface area contributed by atoms with Crippen LogP contribution in [0.4, 0.5) is 5.69 Å². The van der Waals surface area contributed by atoms with Crippen LogP contribution in [-0.2, 0) is 4.74 Å². The molecule has 1 aromatic heterocycles. The van der Waals surface area contributed by atoms with Crippen molar-refractivity contribution in [2.45, 2.75) is 13.0 Å². The fourth-order valence-electron chi connectivity index (χ4n) is 2.19. The number of hydrogen-bond donors (Lipinski definition) is 0. The molecule has 0 saturated heterocycles. The molecule has 1 atom stereocenters. The minimum atomic E-state index is -0.824. The number of hydrogen-bond acceptors (Lipinski definition) is 7. The molecule has 2 aromatic carbocycles. The van der Waals surface area contributed by atoms with Crippen molar-refractivity contribution in [3.8, 4) is 11.5 Å². The molecule has 10 heteroatoms. The van der Waals surface area contributed by atoms with Crippen molar-refractivity contribution in [2.75, 3.05) is 0 Å². The Balaban J connectivity index is 1.73. The summed E-state index contributed by atoms with van der Waals surface area (Å²) in [4.78, 5) is 22.4. The zero-order chi connectivity index (χ0) is 19.6. The number of nitro groups is 1. The monoisotopic (exact) mass is 407 g/mol. The topological polar surface area (TPSA) is 108 Å². The smallest absolute Gasteiger partial charge is 0.339 e.